The van der Waals surface area contributed by atoms with Crippen LogP contribution in [-0.2, 0) is 0 Å². The molecule has 0 spiro atoms. The molecule has 1 saturated heterocycles. The van der Waals surface area contributed by atoms with Crippen LogP contribution >= 0.6 is 0 Å². The van der Waals surface area contributed by atoms with E-state index in [4.69, 9.17) is 5.11 Å². The average Bonchev–Trinajstić information content (AvgIpc) is 2.56. The highest BCUT2D eigenvalue weighted by Crippen LogP contribution is 2.24. The topological polar surface area (TPSA) is 66.6 Å². The van der Waals surface area contributed by atoms with Gasteiger partial charge in [0.2, 0.25) is 0 Å². The van der Waals surface area contributed by atoms with E-state index in [1.165, 1.54) is 0 Å². The highest BCUT2D eigenvalue weighted by atomic mass is 16.4. The summed E-state index contributed by atoms with van der Waals surface area (Å²) in [6, 6.07) is 5.64. The van der Waals surface area contributed by atoms with Gasteiger partial charge in [-0.3, -0.25) is 4.40 Å². The van der Waals surface area contributed by atoms with Crippen LogP contribution in [0.4, 0.5) is 0 Å². The molecule has 0 radical (unpaired) electrons. The summed E-state index contributed by atoms with van der Waals surface area (Å²) in [7, 11) is 0. The van der Waals surface area contributed by atoms with E-state index in [-0.39, 0.29) is 5.69 Å². The first-order chi connectivity index (χ1) is 8.18. The third-order valence-corrected chi connectivity index (χ3v) is 3.23. The Morgan fingerprint density at radius 1 is 1.53 bits per heavy atom. The molecule has 2 aromatic heterocycles. The molecule has 17 heavy (non-hydrogen) atoms. The fraction of sp³-hybridized carbons (Fsp3) is 0.333. The third kappa shape index (κ3) is 1.43. The average molecular weight is 231 g/mol. The maximum absolute atomic E-state index is 11.2. The lowest BCUT2D eigenvalue weighted by Crippen LogP contribution is -2.41. The van der Waals surface area contributed by atoms with E-state index < -0.39 is 5.97 Å². The minimum absolute atomic E-state index is 0.149. The lowest BCUT2D eigenvalue weighted by Gasteiger charge is -2.26. The summed E-state index contributed by atoms with van der Waals surface area (Å²) < 4.78 is 1.95. The van der Waals surface area contributed by atoms with Gasteiger partial charge in [-0.05, 0) is 19.1 Å². The van der Waals surface area contributed by atoms with Crippen LogP contribution in [0.3, 0.4) is 0 Å². The summed E-state index contributed by atoms with van der Waals surface area (Å²) in [4.78, 5) is 15.5. The van der Waals surface area contributed by atoms with Crippen molar-refractivity contribution in [2.75, 3.05) is 13.1 Å². The van der Waals surface area contributed by atoms with Gasteiger partial charge in [0.1, 0.15) is 5.82 Å². The van der Waals surface area contributed by atoms with Gasteiger partial charge in [-0.1, -0.05) is 6.07 Å². The van der Waals surface area contributed by atoms with Crippen LogP contribution in [0.5, 0.6) is 0 Å². The zero-order valence-corrected chi connectivity index (χ0v) is 9.47. The van der Waals surface area contributed by atoms with Crippen LogP contribution in [0, 0.1) is 6.92 Å². The fourth-order valence-electron chi connectivity index (χ4n) is 2.23. The Bertz CT molecular complexity index is 599. The Kier molecular flexibility index (Phi) is 2.16. The molecule has 88 valence electrons. The first-order valence-corrected chi connectivity index (χ1v) is 5.60. The minimum Gasteiger partial charge on any atom is -0.476 e. The van der Waals surface area contributed by atoms with E-state index in [1.54, 1.807) is 6.07 Å². The number of imidazole rings is 1. The number of nitrogens with zero attached hydrogens (tertiary/aromatic N) is 2. The van der Waals surface area contributed by atoms with Crippen LogP contribution < -0.4 is 5.32 Å². The molecule has 1 aliphatic rings. The normalized spacial score (nSPS) is 16.1. The number of carboxylic acid groups (broad SMARTS) is 1. The third-order valence-electron chi connectivity index (χ3n) is 3.23. The van der Waals surface area contributed by atoms with E-state index in [1.807, 2.05) is 23.5 Å². The molecule has 5 nitrogen and oxygen atoms in total. The first-order valence-electron chi connectivity index (χ1n) is 5.60. The monoisotopic (exact) mass is 231 g/mol. The van der Waals surface area contributed by atoms with Crippen LogP contribution in [0.2, 0.25) is 0 Å². The van der Waals surface area contributed by atoms with Crippen LogP contribution in [0.1, 0.15) is 27.9 Å². The van der Waals surface area contributed by atoms with Crippen molar-refractivity contribution in [2.45, 2.75) is 12.8 Å². The Balaban J connectivity index is 2.30. The lowest BCUT2D eigenvalue weighted by molar-refractivity contribution is 0.0693. The van der Waals surface area contributed by atoms with Gasteiger partial charge in [-0.25, -0.2) is 9.78 Å². The molecule has 0 aromatic carbocycles. The molecule has 1 fully saturated rings. The molecule has 2 aromatic rings. The maximum Gasteiger partial charge on any atom is 0.356 e. The summed E-state index contributed by atoms with van der Waals surface area (Å²) in [5, 5.41) is 12.3. The number of pyridine rings is 1. The van der Waals surface area contributed by atoms with E-state index >= 15 is 0 Å². The zero-order valence-electron chi connectivity index (χ0n) is 9.47. The molecule has 0 saturated carbocycles. The second-order valence-corrected chi connectivity index (χ2v) is 4.37. The molecule has 0 unspecified atom stereocenters. The van der Waals surface area contributed by atoms with Crippen molar-refractivity contribution in [1.29, 1.82) is 0 Å². The Hall–Kier alpha value is -1.88. The summed E-state index contributed by atoms with van der Waals surface area (Å²) in [6.45, 7) is 3.70. The number of hydrogen-bond acceptors (Lipinski definition) is 3. The predicted octanol–water partition coefficient (Wildman–Crippen LogP) is 1.03. The van der Waals surface area contributed by atoms with Gasteiger partial charge in [-0.2, -0.15) is 0 Å². The summed E-state index contributed by atoms with van der Waals surface area (Å²) >= 11 is 0. The van der Waals surface area contributed by atoms with Gasteiger partial charge >= 0.3 is 5.97 Å². The number of fused-ring (bicyclic) bond motifs is 1. The van der Waals surface area contributed by atoms with Crippen molar-refractivity contribution in [3.63, 3.8) is 0 Å². The van der Waals surface area contributed by atoms with Gasteiger partial charge in [0.15, 0.2) is 5.69 Å². The van der Waals surface area contributed by atoms with Crippen LogP contribution in [0.25, 0.3) is 5.52 Å². The van der Waals surface area contributed by atoms with Crippen molar-refractivity contribution >= 4 is 11.5 Å². The molecule has 5 heteroatoms. The summed E-state index contributed by atoms with van der Waals surface area (Å²) in [5.41, 5.74) is 1.85. The number of aromatic carboxylic acids is 1. The number of nitrogens with one attached hydrogen (secondary N) is 1. The molecule has 0 aliphatic carbocycles. The smallest absolute Gasteiger partial charge is 0.356 e. The number of aromatic nitrogens is 2. The van der Waals surface area contributed by atoms with Crippen molar-refractivity contribution in [3.05, 3.63) is 35.4 Å². The Morgan fingerprint density at radius 3 is 2.88 bits per heavy atom. The van der Waals surface area contributed by atoms with E-state index in [0.29, 0.717) is 11.4 Å². The van der Waals surface area contributed by atoms with Gasteiger partial charge in [0.25, 0.3) is 0 Å². The molecule has 3 rings (SSSR count). The number of hydrogen-bond donors (Lipinski definition) is 2. The van der Waals surface area contributed by atoms with Gasteiger partial charge in [0, 0.05) is 24.7 Å². The molecular formula is C12H13N3O2. The lowest BCUT2D eigenvalue weighted by atomic mass is 10.0. The Labute approximate surface area is 98.1 Å². The highest BCUT2D eigenvalue weighted by molar-refractivity contribution is 5.93. The van der Waals surface area contributed by atoms with Gasteiger partial charge < -0.3 is 10.4 Å². The largest absolute Gasteiger partial charge is 0.476 e. The fourth-order valence-corrected chi connectivity index (χ4v) is 2.23. The van der Waals surface area contributed by atoms with E-state index in [0.717, 1.165) is 24.6 Å². The van der Waals surface area contributed by atoms with Gasteiger partial charge in [-0.15, -0.1) is 0 Å². The molecule has 3 heterocycles. The molecule has 0 amide bonds. The molecule has 0 atom stereocenters. The molecule has 2 N–H and O–H groups in total. The maximum atomic E-state index is 11.2. The first kappa shape index (κ1) is 10.3. The molecular weight excluding hydrogens is 218 g/mol. The number of carbonyl (C=O) groups is 1. The Morgan fingerprint density at radius 2 is 2.29 bits per heavy atom. The second kappa shape index (κ2) is 3.56. The highest BCUT2D eigenvalue weighted by Gasteiger charge is 2.27. The number of rotatable bonds is 2. The van der Waals surface area contributed by atoms with Crippen LogP contribution in [-0.4, -0.2) is 33.6 Å². The quantitative estimate of drug-likeness (QED) is 0.810. The summed E-state index contributed by atoms with van der Waals surface area (Å²) in [6.07, 6.45) is 0. The molecule has 0 bridgehead atoms. The number of carboxylic acids is 1. The van der Waals surface area contributed by atoms with Crippen molar-refractivity contribution < 1.29 is 9.90 Å². The van der Waals surface area contributed by atoms with Crippen molar-refractivity contribution in [1.82, 2.24) is 14.7 Å². The van der Waals surface area contributed by atoms with Gasteiger partial charge in [0.05, 0.1) is 5.52 Å². The van der Waals surface area contributed by atoms with Crippen molar-refractivity contribution in [3.8, 4) is 0 Å². The standard InChI is InChI=1S/C12H13N3O2/c1-7-3-2-4-9-10(12(16)17)14-11(15(7)9)8-5-13-6-8/h2-4,8,13H,5-6H2,1H3,(H,16,17). The second-order valence-electron chi connectivity index (χ2n) is 4.37. The van der Waals surface area contributed by atoms with E-state index in [2.05, 4.69) is 10.3 Å². The SMILES string of the molecule is Cc1cccc2c(C(=O)O)nc(C3CNC3)n12. The number of aryl methyl sites for hydroxylation is 1. The summed E-state index contributed by atoms with van der Waals surface area (Å²) in [5.74, 6) is 0.206. The van der Waals surface area contributed by atoms with E-state index in [9.17, 15) is 4.79 Å². The zero-order chi connectivity index (χ0) is 12.0. The van der Waals surface area contributed by atoms with Crippen LogP contribution in [0.15, 0.2) is 18.2 Å². The molecule has 1 aliphatic heterocycles. The van der Waals surface area contributed by atoms with Crippen molar-refractivity contribution in [2.24, 2.45) is 0 Å². The minimum atomic E-state index is -0.966. The predicted molar refractivity (Wildman–Crippen MR) is 62.5 cm³/mol.